The van der Waals surface area contributed by atoms with Crippen LogP contribution in [0.1, 0.15) is 16.7 Å². The molecule has 0 radical (unpaired) electrons. The van der Waals surface area contributed by atoms with Crippen molar-refractivity contribution >= 4 is 35.0 Å². The van der Waals surface area contributed by atoms with E-state index in [2.05, 4.69) is 0 Å². The van der Waals surface area contributed by atoms with Gasteiger partial charge in [0.2, 0.25) is 0 Å². The van der Waals surface area contributed by atoms with Gasteiger partial charge in [-0.15, -0.1) is 0 Å². The largest absolute Gasteiger partial charge is 0.457 e. The zero-order chi connectivity index (χ0) is 26.3. The lowest BCUT2D eigenvalue weighted by Crippen LogP contribution is -2.29. The van der Waals surface area contributed by atoms with E-state index in [4.69, 9.17) is 9.47 Å². The Morgan fingerprint density at radius 3 is 1.38 bits per heavy atom. The minimum absolute atomic E-state index is 0.374. The third-order valence-corrected chi connectivity index (χ3v) is 6.23. The van der Waals surface area contributed by atoms with E-state index in [0.717, 1.165) is 26.5 Å². The van der Waals surface area contributed by atoms with Crippen molar-refractivity contribution in [1.29, 1.82) is 0 Å². The van der Waals surface area contributed by atoms with Crippen molar-refractivity contribution in [2.24, 2.45) is 0 Å². The molecule has 0 fully saturated rings. The van der Waals surface area contributed by atoms with Crippen LogP contribution in [0, 0.1) is 20.8 Å². The van der Waals surface area contributed by atoms with E-state index in [-0.39, 0.29) is 23.6 Å². The van der Waals surface area contributed by atoms with Gasteiger partial charge in [0.15, 0.2) is 0 Å². The van der Waals surface area contributed by atoms with Crippen molar-refractivity contribution in [3.8, 4) is 23.0 Å². The molecule has 3 aromatic carbocycles. The van der Waals surface area contributed by atoms with Crippen LogP contribution in [0.4, 0.5) is 11.4 Å². The second kappa shape index (κ2) is 9.23. The lowest BCUT2D eigenvalue weighted by Gasteiger charge is -2.19. The second-order valence-electron chi connectivity index (χ2n) is 8.65. The molecular weight excluding hydrogens is 472 g/mol. The van der Waals surface area contributed by atoms with Crippen molar-refractivity contribution in [3.63, 3.8) is 0 Å². The Hall–Kier alpha value is -4.98. The molecule has 0 bridgehead atoms. The molecule has 0 aromatic heterocycles. The maximum absolute atomic E-state index is 11.9. The Morgan fingerprint density at radius 2 is 0.946 bits per heavy atom. The minimum Gasteiger partial charge on any atom is -0.457 e. The standard InChI is InChI=1S/C29H22N2O6/c1-17-16-24(36-22-8-4-20(5-9-22)30-25(32)12-13-26(30)33)18(2)19(3)29(17)37-23-10-6-21(7-11-23)31-27(34)14-15-28(31)35/h4-16H,1-3H3. The van der Waals surface area contributed by atoms with E-state index < -0.39 is 0 Å². The summed E-state index contributed by atoms with van der Waals surface area (Å²) in [6, 6.07) is 15.4. The lowest BCUT2D eigenvalue weighted by atomic mass is 10.0. The van der Waals surface area contributed by atoms with Crippen LogP contribution in [0.2, 0.25) is 0 Å². The van der Waals surface area contributed by atoms with Crippen LogP contribution >= 0.6 is 0 Å². The minimum atomic E-state index is -0.374. The monoisotopic (exact) mass is 494 g/mol. The van der Waals surface area contributed by atoms with E-state index in [1.807, 2.05) is 26.8 Å². The molecule has 0 saturated carbocycles. The van der Waals surface area contributed by atoms with Gasteiger partial charge in [0.25, 0.3) is 23.6 Å². The Bertz CT molecular complexity index is 1480. The van der Waals surface area contributed by atoms with Crippen LogP contribution in [-0.2, 0) is 19.2 Å². The smallest absolute Gasteiger partial charge is 0.258 e. The van der Waals surface area contributed by atoms with Gasteiger partial charge in [0.1, 0.15) is 23.0 Å². The molecule has 0 spiro atoms. The quantitative estimate of drug-likeness (QED) is 0.445. The van der Waals surface area contributed by atoms with Crippen LogP contribution < -0.4 is 19.3 Å². The summed E-state index contributed by atoms with van der Waals surface area (Å²) in [7, 11) is 0. The first kappa shape index (κ1) is 23.7. The lowest BCUT2D eigenvalue weighted by molar-refractivity contribution is -0.121. The number of aryl methyl sites for hydroxylation is 1. The molecule has 0 aliphatic carbocycles. The van der Waals surface area contributed by atoms with E-state index in [1.165, 1.54) is 24.3 Å². The molecule has 3 aromatic rings. The number of amides is 4. The number of hydrogen-bond donors (Lipinski definition) is 0. The van der Waals surface area contributed by atoms with Crippen LogP contribution in [-0.4, -0.2) is 23.6 Å². The highest BCUT2D eigenvalue weighted by Crippen LogP contribution is 2.38. The average molecular weight is 495 g/mol. The van der Waals surface area contributed by atoms with Crippen LogP contribution in [0.15, 0.2) is 78.9 Å². The molecule has 2 aliphatic rings. The summed E-state index contributed by atoms with van der Waals surface area (Å²) in [5.74, 6) is 0.957. The molecule has 4 amide bonds. The van der Waals surface area contributed by atoms with Crippen LogP contribution in [0.5, 0.6) is 23.0 Å². The SMILES string of the molecule is Cc1cc(Oc2ccc(N3C(=O)C=CC3=O)cc2)c(C)c(C)c1Oc1ccc(N2C(=O)C=CC2=O)cc1. The molecule has 2 heterocycles. The molecule has 184 valence electrons. The predicted molar refractivity (Wildman–Crippen MR) is 137 cm³/mol. The van der Waals surface area contributed by atoms with Gasteiger partial charge in [0, 0.05) is 24.3 Å². The van der Waals surface area contributed by atoms with E-state index >= 15 is 0 Å². The first-order chi connectivity index (χ1) is 17.7. The first-order valence-corrected chi connectivity index (χ1v) is 11.5. The van der Waals surface area contributed by atoms with E-state index in [9.17, 15) is 19.2 Å². The number of rotatable bonds is 6. The summed E-state index contributed by atoms with van der Waals surface area (Å²) in [4.78, 5) is 49.8. The maximum atomic E-state index is 11.9. The van der Waals surface area contributed by atoms with Crippen molar-refractivity contribution in [1.82, 2.24) is 0 Å². The zero-order valence-electron chi connectivity index (χ0n) is 20.3. The van der Waals surface area contributed by atoms with Crippen molar-refractivity contribution in [2.45, 2.75) is 20.8 Å². The van der Waals surface area contributed by atoms with Gasteiger partial charge < -0.3 is 9.47 Å². The summed E-state index contributed by atoms with van der Waals surface area (Å²) >= 11 is 0. The molecule has 8 nitrogen and oxygen atoms in total. The molecule has 2 aliphatic heterocycles. The highest BCUT2D eigenvalue weighted by Gasteiger charge is 2.26. The molecule has 0 atom stereocenters. The number of anilines is 2. The number of benzene rings is 3. The number of imide groups is 2. The summed E-state index contributed by atoms with van der Waals surface area (Å²) in [6.07, 6.45) is 4.97. The molecular formula is C29H22N2O6. The van der Waals surface area contributed by atoms with Gasteiger partial charge in [-0.3, -0.25) is 19.2 Å². The summed E-state index contributed by atoms with van der Waals surface area (Å²) in [6.45, 7) is 5.78. The number of carbonyl (C=O) groups excluding carboxylic acids is 4. The van der Waals surface area contributed by atoms with Crippen molar-refractivity contribution in [2.75, 3.05) is 9.80 Å². The van der Waals surface area contributed by atoms with Gasteiger partial charge in [-0.05, 0) is 92.1 Å². The third kappa shape index (κ3) is 4.40. The predicted octanol–water partition coefficient (Wildman–Crippen LogP) is 5.06. The van der Waals surface area contributed by atoms with Crippen LogP contribution in [0.25, 0.3) is 0 Å². The fourth-order valence-electron chi connectivity index (χ4n) is 4.17. The van der Waals surface area contributed by atoms with Gasteiger partial charge >= 0.3 is 0 Å². The summed E-state index contributed by atoms with van der Waals surface area (Å²) in [5.41, 5.74) is 3.58. The highest BCUT2D eigenvalue weighted by atomic mass is 16.5. The summed E-state index contributed by atoms with van der Waals surface area (Å²) < 4.78 is 12.3. The van der Waals surface area contributed by atoms with E-state index in [0.29, 0.717) is 34.4 Å². The van der Waals surface area contributed by atoms with Crippen molar-refractivity contribution in [3.05, 3.63) is 95.6 Å². The fraction of sp³-hybridized carbons (Fsp3) is 0.103. The zero-order valence-corrected chi connectivity index (χ0v) is 20.3. The highest BCUT2D eigenvalue weighted by molar-refractivity contribution is 6.28. The second-order valence-corrected chi connectivity index (χ2v) is 8.65. The Balaban J connectivity index is 1.32. The Kier molecular flexibility index (Phi) is 5.93. The topological polar surface area (TPSA) is 93.2 Å². The molecule has 8 heteroatoms. The Labute approximate surface area is 213 Å². The normalized spacial score (nSPS) is 14.8. The Morgan fingerprint density at radius 1 is 0.541 bits per heavy atom. The van der Waals surface area contributed by atoms with Gasteiger partial charge in [-0.2, -0.15) is 0 Å². The number of carbonyl (C=O) groups is 4. The van der Waals surface area contributed by atoms with Gasteiger partial charge in [-0.1, -0.05) is 0 Å². The average Bonchev–Trinajstić information content (AvgIpc) is 3.40. The summed E-state index contributed by atoms with van der Waals surface area (Å²) in [5, 5.41) is 0. The fourth-order valence-corrected chi connectivity index (χ4v) is 4.17. The van der Waals surface area contributed by atoms with Crippen LogP contribution in [0.3, 0.4) is 0 Å². The maximum Gasteiger partial charge on any atom is 0.258 e. The number of hydrogen-bond acceptors (Lipinski definition) is 6. The number of nitrogens with zero attached hydrogens (tertiary/aromatic N) is 2. The molecule has 37 heavy (non-hydrogen) atoms. The van der Waals surface area contributed by atoms with Crippen molar-refractivity contribution < 1.29 is 28.7 Å². The molecule has 0 N–H and O–H groups in total. The molecule has 0 saturated heterocycles. The first-order valence-electron chi connectivity index (χ1n) is 11.5. The number of ether oxygens (including phenoxy) is 2. The van der Waals surface area contributed by atoms with Gasteiger partial charge in [-0.25, -0.2) is 9.80 Å². The van der Waals surface area contributed by atoms with E-state index in [1.54, 1.807) is 48.5 Å². The van der Waals surface area contributed by atoms with Gasteiger partial charge in [0.05, 0.1) is 11.4 Å². The molecule has 0 unspecified atom stereocenters. The third-order valence-electron chi connectivity index (χ3n) is 6.23. The molecule has 5 rings (SSSR count).